The fourth-order valence-corrected chi connectivity index (χ4v) is 2.64. The van der Waals surface area contributed by atoms with Crippen LogP contribution in [0, 0.1) is 19.3 Å². The molecule has 1 saturated heterocycles. The van der Waals surface area contributed by atoms with E-state index in [4.69, 9.17) is 6.42 Å². The molecule has 0 amide bonds. The van der Waals surface area contributed by atoms with E-state index >= 15 is 0 Å². The van der Waals surface area contributed by atoms with Gasteiger partial charge in [0, 0.05) is 38.4 Å². The summed E-state index contributed by atoms with van der Waals surface area (Å²) in [6, 6.07) is 1.41. The molecule has 5 nitrogen and oxygen atoms in total. The first-order valence-electron chi connectivity index (χ1n) is 6.85. The van der Waals surface area contributed by atoms with Crippen LogP contribution >= 0.6 is 0 Å². The molecule has 1 aliphatic heterocycles. The van der Waals surface area contributed by atoms with Gasteiger partial charge in [0.25, 0.3) is 0 Å². The molecule has 1 N–H and O–H groups in total. The van der Waals surface area contributed by atoms with Crippen molar-refractivity contribution >= 4 is 0 Å². The van der Waals surface area contributed by atoms with Gasteiger partial charge in [-0.1, -0.05) is 5.92 Å². The van der Waals surface area contributed by atoms with Crippen molar-refractivity contribution in [2.45, 2.75) is 20.0 Å². The molecular formula is C15H21N3O2. The summed E-state index contributed by atoms with van der Waals surface area (Å²) >= 11 is 0. The average molecular weight is 275 g/mol. The van der Waals surface area contributed by atoms with Crippen molar-refractivity contribution in [2.24, 2.45) is 0 Å². The lowest BCUT2D eigenvalue weighted by Gasteiger charge is -2.38. The zero-order valence-corrected chi connectivity index (χ0v) is 12.0. The maximum Gasteiger partial charge on any atom is 0.223 e. The highest BCUT2D eigenvalue weighted by atomic mass is 16.3. The number of nitrogens with zero attached hydrogens (tertiary/aromatic N) is 3. The zero-order chi connectivity index (χ0) is 14.7. The highest BCUT2D eigenvalue weighted by Gasteiger charge is 2.22. The minimum Gasteiger partial charge on any atom is -0.503 e. The van der Waals surface area contributed by atoms with Gasteiger partial charge in [-0.2, -0.15) is 0 Å². The Morgan fingerprint density at radius 2 is 2.05 bits per heavy atom. The van der Waals surface area contributed by atoms with E-state index in [1.165, 1.54) is 6.07 Å². The van der Waals surface area contributed by atoms with Crippen molar-refractivity contribution in [1.29, 1.82) is 0 Å². The number of aromatic hydroxyl groups is 1. The van der Waals surface area contributed by atoms with E-state index in [1.807, 2.05) is 4.57 Å². The summed E-state index contributed by atoms with van der Waals surface area (Å²) in [6.45, 7) is 8.28. The van der Waals surface area contributed by atoms with Crippen LogP contribution in [0.15, 0.2) is 17.1 Å². The molecule has 0 aromatic carbocycles. The van der Waals surface area contributed by atoms with E-state index in [0.717, 1.165) is 26.2 Å². The second kappa shape index (κ2) is 6.12. The monoisotopic (exact) mass is 275 g/mol. The molecule has 2 rings (SSSR count). The van der Waals surface area contributed by atoms with Crippen LogP contribution < -0.4 is 5.43 Å². The fourth-order valence-electron chi connectivity index (χ4n) is 2.64. The van der Waals surface area contributed by atoms with Gasteiger partial charge in [-0.15, -0.1) is 6.42 Å². The van der Waals surface area contributed by atoms with Crippen LogP contribution in [0.5, 0.6) is 5.75 Å². The maximum atomic E-state index is 11.4. The van der Waals surface area contributed by atoms with Crippen LogP contribution in [0.25, 0.3) is 0 Å². The predicted molar refractivity (Wildman–Crippen MR) is 78.7 cm³/mol. The molecule has 1 fully saturated rings. The molecule has 108 valence electrons. The molecule has 0 bridgehead atoms. The zero-order valence-electron chi connectivity index (χ0n) is 12.0. The molecule has 1 aromatic heterocycles. The largest absolute Gasteiger partial charge is 0.503 e. The van der Waals surface area contributed by atoms with Gasteiger partial charge < -0.3 is 9.67 Å². The van der Waals surface area contributed by atoms with Crippen molar-refractivity contribution < 1.29 is 5.11 Å². The number of aromatic nitrogens is 1. The Hall–Kier alpha value is -1.77. The molecule has 1 atom stereocenters. The summed E-state index contributed by atoms with van der Waals surface area (Å²) in [4.78, 5) is 16.0. The van der Waals surface area contributed by atoms with Crippen LogP contribution in [-0.4, -0.2) is 52.2 Å². The first kappa shape index (κ1) is 14.6. The summed E-state index contributed by atoms with van der Waals surface area (Å²) in [6.07, 6.45) is 7.18. The van der Waals surface area contributed by atoms with Gasteiger partial charge in [0.15, 0.2) is 5.75 Å². The van der Waals surface area contributed by atoms with Gasteiger partial charge in [-0.3, -0.25) is 14.6 Å². The molecule has 20 heavy (non-hydrogen) atoms. The number of pyridine rings is 1. The molecule has 0 aliphatic carbocycles. The van der Waals surface area contributed by atoms with Crippen molar-refractivity contribution in [3.8, 4) is 18.1 Å². The Morgan fingerprint density at radius 3 is 2.65 bits per heavy atom. The second-order valence-corrected chi connectivity index (χ2v) is 5.17. The Kier molecular flexibility index (Phi) is 4.48. The van der Waals surface area contributed by atoms with Crippen molar-refractivity contribution in [2.75, 3.05) is 32.7 Å². The summed E-state index contributed by atoms with van der Waals surface area (Å²) < 4.78 is 1.94. The standard InChI is InChI=1S/C15H21N3O2/c1-4-6-16-8-10-17(11-9-16)13(3)18-7-5-14(19)15(20)12(18)2/h1,5,7,13,20H,6,8-11H2,2-3H3. The Balaban J connectivity index is 2.10. The minimum absolute atomic E-state index is 0.106. The lowest BCUT2D eigenvalue weighted by atomic mass is 10.2. The van der Waals surface area contributed by atoms with Crippen LogP contribution in [0.4, 0.5) is 0 Å². The first-order valence-corrected chi connectivity index (χ1v) is 6.85. The summed E-state index contributed by atoms with van der Waals surface area (Å²) in [5.41, 5.74) is 0.279. The van der Waals surface area contributed by atoms with Crippen molar-refractivity contribution in [1.82, 2.24) is 14.4 Å². The molecule has 0 spiro atoms. The summed E-state index contributed by atoms with van der Waals surface area (Å²) in [5, 5.41) is 9.76. The number of piperazine rings is 1. The molecule has 0 radical (unpaired) electrons. The lowest BCUT2D eigenvalue weighted by molar-refractivity contribution is 0.0786. The molecule has 2 heterocycles. The van der Waals surface area contributed by atoms with Crippen molar-refractivity contribution in [3.63, 3.8) is 0 Å². The SMILES string of the molecule is C#CCN1CCN(C(C)n2ccc(=O)c(O)c2C)CC1. The highest BCUT2D eigenvalue weighted by Crippen LogP contribution is 2.20. The second-order valence-electron chi connectivity index (χ2n) is 5.17. The predicted octanol–water partition coefficient (Wildman–Crippen LogP) is 0.632. The smallest absolute Gasteiger partial charge is 0.223 e. The Bertz CT molecular complexity index is 565. The average Bonchev–Trinajstić information content (AvgIpc) is 2.45. The number of hydrogen-bond acceptors (Lipinski definition) is 4. The molecule has 1 unspecified atom stereocenters. The van der Waals surface area contributed by atoms with E-state index in [1.54, 1.807) is 13.1 Å². The minimum atomic E-state index is -0.329. The molecule has 5 heteroatoms. The summed E-state index contributed by atoms with van der Waals surface area (Å²) in [7, 11) is 0. The van der Waals surface area contributed by atoms with Gasteiger partial charge >= 0.3 is 0 Å². The van der Waals surface area contributed by atoms with Gasteiger partial charge in [0.1, 0.15) is 0 Å². The lowest BCUT2D eigenvalue weighted by Crippen LogP contribution is -2.48. The Labute approximate surface area is 119 Å². The van der Waals surface area contributed by atoms with Crippen LogP contribution in [-0.2, 0) is 0 Å². The van der Waals surface area contributed by atoms with E-state index < -0.39 is 0 Å². The Morgan fingerprint density at radius 1 is 1.40 bits per heavy atom. The van der Waals surface area contributed by atoms with Gasteiger partial charge in [-0.05, 0) is 13.8 Å². The normalized spacial score (nSPS) is 18.6. The number of terminal acetylenes is 1. The third kappa shape index (κ3) is 2.87. The van der Waals surface area contributed by atoms with E-state index in [0.29, 0.717) is 12.2 Å². The number of rotatable bonds is 3. The molecular weight excluding hydrogens is 254 g/mol. The third-order valence-electron chi connectivity index (χ3n) is 4.00. The molecule has 1 aromatic rings. The van der Waals surface area contributed by atoms with Crippen LogP contribution in [0.1, 0.15) is 18.8 Å². The van der Waals surface area contributed by atoms with Crippen LogP contribution in [0.2, 0.25) is 0 Å². The molecule has 1 aliphatic rings. The van der Waals surface area contributed by atoms with E-state index in [2.05, 4.69) is 22.6 Å². The topological polar surface area (TPSA) is 48.7 Å². The quantitative estimate of drug-likeness (QED) is 0.822. The number of hydrogen-bond donors (Lipinski definition) is 1. The summed E-state index contributed by atoms with van der Waals surface area (Å²) in [5.74, 6) is 2.51. The van der Waals surface area contributed by atoms with Crippen molar-refractivity contribution in [3.05, 3.63) is 28.2 Å². The molecule has 0 saturated carbocycles. The van der Waals surface area contributed by atoms with Crippen LogP contribution in [0.3, 0.4) is 0 Å². The fraction of sp³-hybridized carbons (Fsp3) is 0.533. The first-order chi connectivity index (χ1) is 9.54. The van der Waals surface area contributed by atoms with E-state index in [-0.39, 0.29) is 17.3 Å². The van der Waals surface area contributed by atoms with Gasteiger partial charge in [-0.25, -0.2) is 0 Å². The maximum absolute atomic E-state index is 11.4. The van der Waals surface area contributed by atoms with Gasteiger partial charge in [0.05, 0.1) is 18.4 Å². The van der Waals surface area contributed by atoms with Gasteiger partial charge in [0.2, 0.25) is 5.43 Å². The third-order valence-corrected chi connectivity index (χ3v) is 4.00. The van der Waals surface area contributed by atoms with E-state index in [9.17, 15) is 9.90 Å². The highest BCUT2D eigenvalue weighted by molar-refractivity contribution is 5.25.